The summed E-state index contributed by atoms with van der Waals surface area (Å²) in [5.41, 5.74) is 0.704. The van der Waals surface area contributed by atoms with Crippen LogP contribution in [0, 0.1) is 17.0 Å². The number of nitrogens with one attached hydrogen (secondary N) is 1. The summed E-state index contributed by atoms with van der Waals surface area (Å²) in [5.74, 6) is -0.617. The lowest BCUT2D eigenvalue weighted by Crippen LogP contribution is -2.20. The highest BCUT2D eigenvalue weighted by molar-refractivity contribution is 6.33. The maximum Gasteiger partial charge on any atom is 0.271 e. The van der Waals surface area contributed by atoms with Gasteiger partial charge in [0.2, 0.25) is 5.91 Å². The zero-order valence-electron chi connectivity index (χ0n) is 17.3. The molecule has 0 unspecified atom stereocenters. The van der Waals surface area contributed by atoms with Gasteiger partial charge in [-0.3, -0.25) is 19.6 Å². The van der Waals surface area contributed by atoms with E-state index in [9.17, 15) is 23.7 Å². The molecule has 33 heavy (non-hydrogen) atoms. The first-order valence-corrected chi connectivity index (χ1v) is 9.91. The van der Waals surface area contributed by atoms with E-state index < -0.39 is 17.3 Å². The molecule has 3 aromatic heterocycles. The van der Waals surface area contributed by atoms with Crippen molar-refractivity contribution in [2.24, 2.45) is 7.05 Å². The summed E-state index contributed by atoms with van der Waals surface area (Å²) in [4.78, 5) is 27.5. The van der Waals surface area contributed by atoms with Gasteiger partial charge >= 0.3 is 0 Å². The Morgan fingerprint density at radius 1 is 1.33 bits per heavy atom. The van der Waals surface area contributed by atoms with Gasteiger partial charge in [0.1, 0.15) is 6.54 Å². The molecule has 10 nitrogen and oxygen atoms in total. The first-order chi connectivity index (χ1) is 15.6. The zero-order valence-corrected chi connectivity index (χ0v) is 18.0. The standard InChI is InChI=1S/C20H16ClF2N7O3/c1-10-18-13(19(22)23)6-15(11-7-24-28(2)8-11)26-20(18)29(27-10)9-17(31)25-16-5-12(30(32)33)3-4-14(16)21/h3-8,19H,9H2,1-2H3,(H,25,31). The van der Waals surface area contributed by atoms with E-state index in [0.29, 0.717) is 5.56 Å². The number of nitrogens with zero attached hydrogens (tertiary/aromatic N) is 6. The summed E-state index contributed by atoms with van der Waals surface area (Å²) in [6, 6.07) is 4.91. The number of halogens is 3. The van der Waals surface area contributed by atoms with E-state index in [1.807, 2.05) is 0 Å². The number of carbonyl (C=O) groups is 1. The molecular weight excluding hydrogens is 460 g/mol. The van der Waals surface area contributed by atoms with Gasteiger partial charge in [-0.05, 0) is 19.1 Å². The largest absolute Gasteiger partial charge is 0.323 e. The first-order valence-electron chi connectivity index (χ1n) is 9.53. The zero-order chi connectivity index (χ0) is 23.9. The van der Waals surface area contributed by atoms with Crippen LogP contribution in [-0.2, 0) is 18.4 Å². The lowest BCUT2D eigenvalue weighted by atomic mass is 10.1. The molecular formula is C20H16ClF2N7O3. The maximum absolute atomic E-state index is 13.9. The molecule has 170 valence electrons. The van der Waals surface area contributed by atoms with Crippen LogP contribution in [0.3, 0.4) is 0 Å². The average molecular weight is 476 g/mol. The van der Waals surface area contributed by atoms with E-state index in [-0.39, 0.29) is 50.9 Å². The van der Waals surface area contributed by atoms with Crippen molar-refractivity contribution in [2.45, 2.75) is 19.9 Å². The Hall–Kier alpha value is -3.93. The monoisotopic (exact) mass is 475 g/mol. The molecule has 0 aliphatic carbocycles. The van der Waals surface area contributed by atoms with Crippen LogP contribution in [0.4, 0.5) is 20.2 Å². The van der Waals surface area contributed by atoms with Gasteiger partial charge in [0.15, 0.2) is 5.65 Å². The summed E-state index contributed by atoms with van der Waals surface area (Å²) in [7, 11) is 1.69. The van der Waals surface area contributed by atoms with E-state index in [1.165, 1.54) is 33.8 Å². The number of nitro benzene ring substituents is 1. The highest BCUT2D eigenvalue weighted by Crippen LogP contribution is 2.33. The van der Waals surface area contributed by atoms with Gasteiger partial charge in [-0.2, -0.15) is 10.2 Å². The van der Waals surface area contributed by atoms with E-state index >= 15 is 0 Å². The number of fused-ring (bicyclic) bond motifs is 1. The van der Waals surface area contributed by atoms with Crippen molar-refractivity contribution >= 4 is 39.9 Å². The second-order valence-corrected chi connectivity index (χ2v) is 7.62. The number of hydrogen-bond donors (Lipinski definition) is 1. The number of hydrogen-bond acceptors (Lipinski definition) is 6. The molecule has 0 aliphatic heterocycles. The van der Waals surface area contributed by atoms with Crippen molar-refractivity contribution in [1.82, 2.24) is 24.5 Å². The normalized spacial score (nSPS) is 11.3. The third-order valence-corrected chi connectivity index (χ3v) is 5.20. The number of nitro groups is 1. The third kappa shape index (κ3) is 4.37. The van der Waals surface area contributed by atoms with E-state index in [2.05, 4.69) is 20.5 Å². The highest BCUT2D eigenvalue weighted by Gasteiger charge is 2.22. The van der Waals surface area contributed by atoms with E-state index in [1.54, 1.807) is 20.2 Å². The highest BCUT2D eigenvalue weighted by atomic mass is 35.5. The Morgan fingerprint density at radius 3 is 2.73 bits per heavy atom. The lowest BCUT2D eigenvalue weighted by molar-refractivity contribution is -0.384. The summed E-state index contributed by atoms with van der Waals surface area (Å²) in [6.07, 6.45) is 0.335. The van der Waals surface area contributed by atoms with Gasteiger partial charge in [-0.15, -0.1) is 0 Å². The number of amides is 1. The van der Waals surface area contributed by atoms with Crippen molar-refractivity contribution in [2.75, 3.05) is 5.32 Å². The number of rotatable bonds is 6. The van der Waals surface area contributed by atoms with Crippen LogP contribution in [-0.4, -0.2) is 35.4 Å². The number of non-ortho nitro benzene ring substituents is 1. The molecule has 0 fully saturated rings. The minimum atomic E-state index is -2.79. The lowest BCUT2D eigenvalue weighted by Gasteiger charge is -2.09. The molecule has 1 aromatic carbocycles. The van der Waals surface area contributed by atoms with E-state index in [0.717, 1.165) is 6.07 Å². The number of aryl methyl sites for hydroxylation is 2. The summed E-state index contributed by atoms with van der Waals surface area (Å²) in [6.45, 7) is 1.17. The fourth-order valence-electron chi connectivity index (χ4n) is 3.42. The third-order valence-electron chi connectivity index (χ3n) is 4.87. The predicted octanol–water partition coefficient (Wildman–Crippen LogP) is 4.28. The molecule has 0 spiro atoms. The van der Waals surface area contributed by atoms with Gasteiger partial charge in [-0.1, -0.05) is 11.6 Å². The Kier molecular flexibility index (Phi) is 5.77. The summed E-state index contributed by atoms with van der Waals surface area (Å²) >= 11 is 6.03. The van der Waals surface area contributed by atoms with Crippen LogP contribution in [0.15, 0.2) is 36.7 Å². The van der Waals surface area contributed by atoms with Gasteiger partial charge in [-0.25, -0.2) is 18.4 Å². The van der Waals surface area contributed by atoms with Crippen molar-refractivity contribution < 1.29 is 18.5 Å². The minimum Gasteiger partial charge on any atom is -0.323 e. The molecule has 0 saturated carbocycles. The Morgan fingerprint density at radius 2 is 2.09 bits per heavy atom. The fraction of sp³-hybridized carbons (Fsp3) is 0.200. The van der Waals surface area contributed by atoms with Crippen LogP contribution in [0.2, 0.25) is 5.02 Å². The number of pyridine rings is 1. The molecule has 0 atom stereocenters. The smallest absolute Gasteiger partial charge is 0.271 e. The van der Waals surface area contributed by atoms with Crippen LogP contribution in [0.5, 0.6) is 0 Å². The number of aromatic nitrogens is 5. The van der Waals surface area contributed by atoms with Crippen LogP contribution >= 0.6 is 11.6 Å². The van der Waals surface area contributed by atoms with Gasteiger partial charge in [0, 0.05) is 36.5 Å². The minimum absolute atomic E-state index is 0.0429. The summed E-state index contributed by atoms with van der Waals surface area (Å²) < 4.78 is 30.4. The van der Waals surface area contributed by atoms with Crippen molar-refractivity contribution in [3.8, 4) is 11.3 Å². The fourth-order valence-corrected chi connectivity index (χ4v) is 3.58. The van der Waals surface area contributed by atoms with Crippen LogP contribution in [0.1, 0.15) is 17.7 Å². The van der Waals surface area contributed by atoms with Gasteiger partial charge < -0.3 is 5.32 Å². The molecule has 4 rings (SSSR count). The number of carbonyl (C=O) groups excluding carboxylic acids is 1. The molecule has 0 aliphatic rings. The van der Waals surface area contributed by atoms with Crippen molar-refractivity contribution in [3.05, 3.63) is 63.1 Å². The Labute approximate surface area is 189 Å². The molecule has 13 heteroatoms. The Balaban J connectivity index is 1.72. The molecule has 1 amide bonds. The molecule has 0 radical (unpaired) electrons. The van der Waals surface area contributed by atoms with Crippen molar-refractivity contribution in [1.29, 1.82) is 0 Å². The second-order valence-electron chi connectivity index (χ2n) is 7.21. The molecule has 0 bridgehead atoms. The summed E-state index contributed by atoms with van der Waals surface area (Å²) in [5, 5.41) is 22.0. The number of alkyl halides is 2. The molecule has 1 N–H and O–H groups in total. The van der Waals surface area contributed by atoms with E-state index in [4.69, 9.17) is 11.6 Å². The Bertz CT molecular complexity index is 1400. The number of anilines is 1. The predicted molar refractivity (Wildman–Crippen MR) is 116 cm³/mol. The quantitative estimate of drug-likeness (QED) is 0.328. The first kappa shape index (κ1) is 22.3. The molecule has 3 heterocycles. The van der Waals surface area contributed by atoms with Gasteiger partial charge in [0.05, 0.1) is 38.6 Å². The van der Waals surface area contributed by atoms with Crippen LogP contribution in [0.25, 0.3) is 22.3 Å². The molecule has 4 aromatic rings. The van der Waals surface area contributed by atoms with Crippen molar-refractivity contribution in [3.63, 3.8) is 0 Å². The molecule has 0 saturated heterocycles. The number of benzene rings is 1. The maximum atomic E-state index is 13.9. The van der Waals surface area contributed by atoms with Crippen LogP contribution < -0.4 is 5.32 Å². The average Bonchev–Trinajstić information content (AvgIpc) is 3.32. The topological polar surface area (TPSA) is 121 Å². The second kappa shape index (κ2) is 8.54. The SMILES string of the molecule is Cc1nn(CC(=O)Nc2cc([N+](=O)[O-])ccc2Cl)c2nc(-c3cnn(C)c3)cc(C(F)F)c12. The van der Waals surface area contributed by atoms with Gasteiger partial charge in [0.25, 0.3) is 12.1 Å².